The monoisotopic (exact) mass is 359 g/mol. The van der Waals surface area contributed by atoms with E-state index in [4.69, 9.17) is 0 Å². The van der Waals surface area contributed by atoms with Gasteiger partial charge in [-0.2, -0.15) is 0 Å². The number of rotatable bonds is 4. The van der Waals surface area contributed by atoms with E-state index in [1.807, 2.05) is 17.2 Å². The van der Waals surface area contributed by atoms with E-state index in [0.717, 1.165) is 10.7 Å². The number of aliphatic hydroxyl groups is 1. The van der Waals surface area contributed by atoms with Gasteiger partial charge in [0.15, 0.2) is 0 Å². The third kappa shape index (κ3) is 4.29. The van der Waals surface area contributed by atoms with Crippen molar-refractivity contribution in [3.63, 3.8) is 0 Å². The number of hydrogen-bond donors (Lipinski definition) is 1. The van der Waals surface area contributed by atoms with Gasteiger partial charge in [-0.3, -0.25) is 9.69 Å². The normalized spacial score (nSPS) is 27.6. The summed E-state index contributed by atoms with van der Waals surface area (Å²) in [6.07, 6.45) is 0.419. The standard InChI is InChI=1S/C16H23F2N3O2S/c1-12-19-13(9-24-12)8-14(22)21-7-2-15(23,11-21)10-20-5-3-16(17,18)4-6-20/h9,23H,2-8,10-11H2,1H3. The Morgan fingerprint density at radius 2 is 2.04 bits per heavy atom. The minimum absolute atomic E-state index is 0.0404. The molecule has 1 amide bonds. The van der Waals surface area contributed by atoms with Crippen molar-refractivity contribution < 1.29 is 18.7 Å². The number of nitrogens with zero attached hydrogens (tertiary/aromatic N) is 3. The van der Waals surface area contributed by atoms with Crippen molar-refractivity contribution >= 4 is 17.2 Å². The average molecular weight is 359 g/mol. The van der Waals surface area contributed by atoms with Crippen LogP contribution in [0.1, 0.15) is 30.0 Å². The fourth-order valence-corrected chi connectivity index (χ4v) is 4.02. The molecule has 2 fully saturated rings. The summed E-state index contributed by atoms with van der Waals surface area (Å²) in [5, 5.41) is 13.5. The summed E-state index contributed by atoms with van der Waals surface area (Å²) in [6.45, 7) is 3.60. The SMILES string of the molecule is Cc1nc(CC(=O)N2CCC(O)(CN3CCC(F)(F)CC3)C2)cs1. The zero-order valence-corrected chi connectivity index (χ0v) is 14.6. The molecule has 0 bridgehead atoms. The summed E-state index contributed by atoms with van der Waals surface area (Å²) in [7, 11) is 0. The van der Waals surface area contributed by atoms with Crippen molar-refractivity contribution in [1.82, 2.24) is 14.8 Å². The van der Waals surface area contributed by atoms with Crippen molar-refractivity contribution in [3.05, 3.63) is 16.1 Å². The number of aryl methyl sites for hydroxylation is 1. The molecule has 0 spiro atoms. The molecule has 0 radical (unpaired) electrons. The number of alkyl halides is 2. The highest BCUT2D eigenvalue weighted by Gasteiger charge is 2.42. The molecule has 3 heterocycles. The molecule has 2 aliphatic rings. The van der Waals surface area contributed by atoms with Gasteiger partial charge in [0, 0.05) is 44.4 Å². The van der Waals surface area contributed by atoms with Gasteiger partial charge in [-0.25, -0.2) is 13.8 Å². The third-order valence-corrected chi connectivity index (χ3v) is 5.61. The Labute approximate surface area is 144 Å². The Kier molecular flexibility index (Phi) is 4.90. The number of piperidine rings is 1. The number of aromatic nitrogens is 1. The van der Waals surface area contributed by atoms with Gasteiger partial charge in [-0.05, 0) is 13.3 Å². The van der Waals surface area contributed by atoms with E-state index in [1.165, 1.54) is 11.3 Å². The van der Waals surface area contributed by atoms with Gasteiger partial charge in [0.2, 0.25) is 5.91 Å². The summed E-state index contributed by atoms with van der Waals surface area (Å²) in [5.41, 5.74) is -0.239. The lowest BCUT2D eigenvalue weighted by atomic mass is 10.00. The molecule has 8 heteroatoms. The quantitative estimate of drug-likeness (QED) is 0.889. The number of thiazole rings is 1. The van der Waals surface area contributed by atoms with Gasteiger partial charge in [0.25, 0.3) is 5.92 Å². The fraction of sp³-hybridized carbons (Fsp3) is 0.750. The zero-order chi connectivity index (χ0) is 17.4. The van der Waals surface area contributed by atoms with E-state index in [9.17, 15) is 18.7 Å². The molecule has 2 aliphatic heterocycles. The van der Waals surface area contributed by atoms with Crippen molar-refractivity contribution in [2.45, 2.75) is 44.1 Å². The Balaban J connectivity index is 1.51. The van der Waals surface area contributed by atoms with Crippen LogP contribution in [-0.4, -0.2) is 70.0 Å². The molecule has 1 N–H and O–H groups in total. The lowest BCUT2D eigenvalue weighted by Crippen LogP contribution is -2.49. The van der Waals surface area contributed by atoms with Crippen LogP contribution in [-0.2, 0) is 11.2 Å². The van der Waals surface area contributed by atoms with E-state index in [2.05, 4.69) is 4.98 Å². The highest BCUT2D eigenvalue weighted by Crippen LogP contribution is 2.30. The van der Waals surface area contributed by atoms with E-state index in [-0.39, 0.29) is 31.7 Å². The first-order valence-corrected chi connectivity index (χ1v) is 9.14. The van der Waals surface area contributed by atoms with Crippen LogP contribution >= 0.6 is 11.3 Å². The van der Waals surface area contributed by atoms with Gasteiger partial charge in [-0.15, -0.1) is 11.3 Å². The number of amides is 1. The summed E-state index contributed by atoms with van der Waals surface area (Å²) in [6, 6.07) is 0. The van der Waals surface area contributed by atoms with Gasteiger partial charge >= 0.3 is 0 Å². The van der Waals surface area contributed by atoms with Crippen molar-refractivity contribution in [1.29, 1.82) is 0 Å². The van der Waals surface area contributed by atoms with E-state index in [1.54, 1.807) is 4.90 Å². The van der Waals surface area contributed by atoms with Crippen LogP contribution in [0.5, 0.6) is 0 Å². The highest BCUT2D eigenvalue weighted by atomic mass is 32.1. The summed E-state index contributed by atoms with van der Waals surface area (Å²) in [5.74, 6) is -2.62. The number of hydrogen-bond acceptors (Lipinski definition) is 5. The average Bonchev–Trinajstić information content (AvgIpc) is 3.08. The van der Waals surface area contributed by atoms with Crippen LogP contribution in [0, 0.1) is 6.92 Å². The molecular formula is C16H23F2N3O2S. The first-order valence-electron chi connectivity index (χ1n) is 8.26. The van der Waals surface area contributed by atoms with Gasteiger partial charge in [0.05, 0.1) is 29.3 Å². The van der Waals surface area contributed by atoms with Gasteiger partial charge < -0.3 is 10.0 Å². The molecule has 134 valence electrons. The Hall–Kier alpha value is -1.12. The predicted molar refractivity (Wildman–Crippen MR) is 87.3 cm³/mol. The molecule has 1 aromatic rings. The number of likely N-dealkylation sites (tertiary alicyclic amines) is 2. The van der Waals surface area contributed by atoms with Crippen LogP contribution < -0.4 is 0 Å². The fourth-order valence-electron chi connectivity index (χ4n) is 3.41. The zero-order valence-electron chi connectivity index (χ0n) is 13.8. The first-order chi connectivity index (χ1) is 11.2. The number of halogens is 2. The molecule has 0 aromatic carbocycles. The van der Waals surface area contributed by atoms with Crippen molar-refractivity contribution in [3.8, 4) is 0 Å². The van der Waals surface area contributed by atoms with Crippen molar-refractivity contribution in [2.24, 2.45) is 0 Å². The largest absolute Gasteiger partial charge is 0.387 e. The number of β-amino-alcohol motifs (C(OH)–C–C–N with tert-alkyl or cyclic N) is 1. The van der Waals surface area contributed by atoms with E-state index >= 15 is 0 Å². The lowest BCUT2D eigenvalue weighted by Gasteiger charge is -2.36. The molecule has 0 aliphatic carbocycles. The third-order valence-electron chi connectivity index (χ3n) is 4.79. The van der Waals surface area contributed by atoms with Gasteiger partial charge in [-0.1, -0.05) is 0 Å². The first kappa shape index (κ1) is 17.7. The van der Waals surface area contributed by atoms with Gasteiger partial charge in [0.1, 0.15) is 0 Å². The minimum Gasteiger partial charge on any atom is -0.387 e. The molecule has 1 aromatic heterocycles. The van der Waals surface area contributed by atoms with E-state index < -0.39 is 11.5 Å². The summed E-state index contributed by atoms with van der Waals surface area (Å²) in [4.78, 5) is 20.2. The Morgan fingerprint density at radius 1 is 1.33 bits per heavy atom. The Bertz CT molecular complexity index is 600. The molecule has 3 rings (SSSR count). The maximum absolute atomic E-state index is 13.2. The Morgan fingerprint density at radius 3 is 2.67 bits per heavy atom. The smallest absolute Gasteiger partial charge is 0.250 e. The molecule has 1 unspecified atom stereocenters. The van der Waals surface area contributed by atoms with Crippen LogP contribution in [0.2, 0.25) is 0 Å². The maximum atomic E-state index is 13.2. The van der Waals surface area contributed by atoms with Crippen molar-refractivity contribution in [2.75, 3.05) is 32.7 Å². The second-order valence-electron chi connectivity index (χ2n) is 6.96. The van der Waals surface area contributed by atoms with E-state index in [0.29, 0.717) is 32.6 Å². The maximum Gasteiger partial charge on any atom is 0.250 e. The summed E-state index contributed by atoms with van der Waals surface area (Å²) >= 11 is 1.51. The van der Waals surface area contributed by atoms with Crippen LogP contribution in [0.4, 0.5) is 8.78 Å². The second-order valence-corrected chi connectivity index (χ2v) is 8.02. The minimum atomic E-state index is -2.58. The molecular weight excluding hydrogens is 336 g/mol. The van der Waals surface area contributed by atoms with Crippen LogP contribution in [0.15, 0.2) is 5.38 Å². The number of carbonyl (C=O) groups excluding carboxylic acids is 1. The predicted octanol–water partition coefficient (Wildman–Crippen LogP) is 1.69. The molecule has 24 heavy (non-hydrogen) atoms. The topological polar surface area (TPSA) is 56.7 Å². The van der Waals surface area contributed by atoms with Crippen LogP contribution in [0.3, 0.4) is 0 Å². The molecule has 5 nitrogen and oxygen atoms in total. The number of carbonyl (C=O) groups is 1. The summed E-state index contributed by atoms with van der Waals surface area (Å²) < 4.78 is 26.4. The molecule has 0 saturated carbocycles. The van der Waals surface area contributed by atoms with Crippen LogP contribution in [0.25, 0.3) is 0 Å². The molecule has 1 atom stereocenters. The highest BCUT2D eigenvalue weighted by molar-refractivity contribution is 7.09. The lowest BCUT2D eigenvalue weighted by molar-refractivity contribution is -0.130. The molecule has 2 saturated heterocycles. The second kappa shape index (κ2) is 6.65.